The lowest BCUT2D eigenvalue weighted by molar-refractivity contribution is 0.0998. The van der Waals surface area contributed by atoms with Crippen molar-refractivity contribution in [2.75, 3.05) is 13.2 Å². The van der Waals surface area contributed by atoms with Crippen molar-refractivity contribution in [2.24, 2.45) is 4.99 Å². The lowest BCUT2D eigenvalue weighted by atomic mass is 10.1. The monoisotopic (exact) mass is 473 g/mol. The van der Waals surface area contributed by atoms with E-state index >= 15 is 0 Å². The van der Waals surface area contributed by atoms with Gasteiger partial charge in [-0.25, -0.2) is 4.98 Å². The number of pyridine rings is 1. The molecule has 0 bridgehead atoms. The third-order valence-corrected chi connectivity index (χ3v) is 7.35. The van der Waals surface area contributed by atoms with Crippen LogP contribution in [0.3, 0.4) is 0 Å². The maximum absolute atomic E-state index is 13.5. The van der Waals surface area contributed by atoms with Gasteiger partial charge in [0.2, 0.25) is 0 Å². The maximum Gasteiger partial charge on any atom is 0.280 e. The third-order valence-electron chi connectivity index (χ3n) is 5.42. The number of fused-ring (bicyclic) bond motifs is 2. The molecule has 2 aromatic carbocycles. The fourth-order valence-electron chi connectivity index (χ4n) is 3.83. The molecule has 33 heavy (non-hydrogen) atoms. The number of benzene rings is 2. The molecule has 1 amide bonds. The van der Waals surface area contributed by atoms with Crippen LogP contribution in [-0.4, -0.2) is 28.7 Å². The third kappa shape index (κ3) is 4.39. The van der Waals surface area contributed by atoms with Gasteiger partial charge in [-0.3, -0.25) is 4.79 Å². The first-order chi connectivity index (χ1) is 16.1. The molecule has 0 unspecified atom stereocenters. The molecule has 3 heterocycles. The topological polar surface area (TPSA) is 56.5 Å². The van der Waals surface area contributed by atoms with Gasteiger partial charge < -0.3 is 9.30 Å². The zero-order valence-electron chi connectivity index (χ0n) is 18.4. The average Bonchev–Trinajstić information content (AvgIpc) is 3.47. The van der Waals surface area contributed by atoms with Crippen molar-refractivity contribution in [2.45, 2.75) is 20.4 Å². The number of thiophene rings is 1. The van der Waals surface area contributed by atoms with E-state index in [1.165, 1.54) is 16.9 Å². The zero-order valence-corrected chi connectivity index (χ0v) is 20.1. The molecule has 5 aromatic rings. The second-order valence-electron chi connectivity index (χ2n) is 7.67. The van der Waals surface area contributed by atoms with Gasteiger partial charge >= 0.3 is 0 Å². The molecule has 0 radical (unpaired) electrons. The largest absolute Gasteiger partial charge is 0.380 e. The molecule has 0 aliphatic rings. The minimum Gasteiger partial charge on any atom is -0.380 e. The van der Waals surface area contributed by atoms with Gasteiger partial charge in [0.25, 0.3) is 5.91 Å². The summed E-state index contributed by atoms with van der Waals surface area (Å²) in [7, 11) is 0. The van der Waals surface area contributed by atoms with Gasteiger partial charge in [-0.05, 0) is 55.1 Å². The SMILES string of the molecule is CCOCCn1c(=NC(=O)c2cc(-c3cccs3)nc3ccccc23)sc2cc(C)ccc21. The Bertz CT molecular complexity index is 1510. The number of aromatic nitrogens is 2. The molecule has 0 aliphatic heterocycles. The van der Waals surface area contributed by atoms with Crippen molar-refractivity contribution in [3.05, 3.63) is 82.0 Å². The Morgan fingerprint density at radius 2 is 2.00 bits per heavy atom. The molecule has 3 aromatic heterocycles. The first kappa shape index (κ1) is 21.7. The molecular formula is C26H23N3O2S2. The highest BCUT2D eigenvalue weighted by molar-refractivity contribution is 7.16. The van der Waals surface area contributed by atoms with E-state index < -0.39 is 0 Å². The quantitative estimate of drug-likeness (QED) is 0.282. The molecule has 0 saturated heterocycles. The molecule has 0 aliphatic carbocycles. The number of nitrogens with zero attached hydrogens (tertiary/aromatic N) is 3. The molecule has 0 atom stereocenters. The Kier molecular flexibility index (Phi) is 6.17. The second-order valence-corrected chi connectivity index (χ2v) is 9.63. The number of carbonyl (C=O) groups is 1. The number of hydrogen-bond donors (Lipinski definition) is 0. The van der Waals surface area contributed by atoms with Crippen molar-refractivity contribution in [1.82, 2.24) is 9.55 Å². The van der Waals surface area contributed by atoms with Crippen molar-refractivity contribution in [3.8, 4) is 10.6 Å². The molecule has 0 spiro atoms. The first-order valence-corrected chi connectivity index (χ1v) is 12.5. The molecular weight excluding hydrogens is 450 g/mol. The summed E-state index contributed by atoms with van der Waals surface area (Å²) in [4.78, 5) is 24.6. The van der Waals surface area contributed by atoms with Crippen molar-refractivity contribution in [3.63, 3.8) is 0 Å². The summed E-state index contributed by atoms with van der Waals surface area (Å²) >= 11 is 3.14. The smallest absolute Gasteiger partial charge is 0.280 e. The van der Waals surface area contributed by atoms with Gasteiger partial charge in [0.05, 0.1) is 38.5 Å². The van der Waals surface area contributed by atoms with E-state index in [0.717, 1.165) is 31.7 Å². The van der Waals surface area contributed by atoms with Crippen LogP contribution in [0, 0.1) is 6.92 Å². The van der Waals surface area contributed by atoms with Crippen LogP contribution in [0.4, 0.5) is 0 Å². The van der Waals surface area contributed by atoms with E-state index in [-0.39, 0.29) is 5.91 Å². The lowest BCUT2D eigenvalue weighted by Gasteiger charge is -2.07. The van der Waals surface area contributed by atoms with Gasteiger partial charge in [-0.1, -0.05) is 41.7 Å². The van der Waals surface area contributed by atoms with Crippen LogP contribution < -0.4 is 4.80 Å². The van der Waals surface area contributed by atoms with Crippen LogP contribution in [-0.2, 0) is 11.3 Å². The predicted octanol–water partition coefficient (Wildman–Crippen LogP) is 6.07. The molecule has 0 saturated carbocycles. The van der Waals surface area contributed by atoms with E-state index in [9.17, 15) is 4.79 Å². The number of rotatable bonds is 6. The van der Waals surface area contributed by atoms with Crippen LogP contribution in [0.5, 0.6) is 0 Å². The molecule has 0 N–H and O–H groups in total. The Hall–Kier alpha value is -3.13. The van der Waals surface area contributed by atoms with Crippen LogP contribution >= 0.6 is 22.7 Å². The number of amides is 1. The zero-order chi connectivity index (χ0) is 22.8. The van der Waals surface area contributed by atoms with E-state index in [1.807, 2.05) is 54.8 Å². The van der Waals surface area contributed by atoms with E-state index in [0.29, 0.717) is 30.1 Å². The van der Waals surface area contributed by atoms with Crippen molar-refractivity contribution >= 4 is 49.7 Å². The van der Waals surface area contributed by atoms with Gasteiger partial charge in [0.1, 0.15) is 0 Å². The summed E-state index contributed by atoms with van der Waals surface area (Å²) in [5, 5.41) is 2.82. The minimum absolute atomic E-state index is 0.264. The van der Waals surface area contributed by atoms with E-state index in [4.69, 9.17) is 9.72 Å². The van der Waals surface area contributed by atoms with Gasteiger partial charge in [-0.2, -0.15) is 4.99 Å². The summed E-state index contributed by atoms with van der Waals surface area (Å²) in [6.07, 6.45) is 0. The van der Waals surface area contributed by atoms with E-state index in [1.54, 1.807) is 11.3 Å². The summed E-state index contributed by atoms with van der Waals surface area (Å²) in [6.45, 7) is 5.91. The van der Waals surface area contributed by atoms with Gasteiger partial charge in [0.15, 0.2) is 4.80 Å². The number of para-hydroxylation sites is 1. The molecule has 0 fully saturated rings. The molecule has 166 valence electrons. The normalized spacial score (nSPS) is 12.1. The second kappa shape index (κ2) is 9.39. The number of thiazole rings is 1. The predicted molar refractivity (Wildman–Crippen MR) is 136 cm³/mol. The van der Waals surface area contributed by atoms with Crippen molar-refractivity contribution in [1.29, 1.82) is 0 Å². The van der Waals surface area contributed by atoms with Gasteiger partial charge in [0, 0.05) is 18.5 Å². The van der Waals surface area contributed by atoms with E-state index in [2.05, 4.69) is 34.7 Å². The highest BCUT2D eigenvalue weighted by Gasteiger charge is 2.15. The summed E-state index contributed by atoms with van der Waals surface area (Å²) in [5.74, 6) is -0.264. The highest BCUT2D eigenvalue weighted by atomic mass is 32.1. The molecule has 5 nitrogen and oxygen atoms in total. The minimum atomic E-state index is -0.264. The molecule has 5 rings (SSSR count). The van der Waals surface area contributed by atoms with Crippen LogP contribution in [0.15, 0.2) is 71.0 Å². The Balaban J connectivity index is 1.66. The Labute approximate surface area is 199 Å². The lowest BCUT2D eigenvalue weighted by Crippen LogP contribution is -2.20. The Morgan fingerprint density at radius 1 is 1.12 bits per heavy atom. The van der Waals surface area contributed by atoms with Crippen LogP contribution in [0.1, 0.15) is 22.8 Å². The van der Waals surface area contributed by atoms with Crippen LogP contribution in [0.2, 0.25) is 0 Å². The highest BCUT2D eigenvalue weighted by Crippen LogP contribution is 2.28. The Morgan fingerprint density at radius 3 is 2.82 bits per heavy atom. The number of hydrogen-bond acceptors (Lipinski definition) is 5. The summed E-state index contributed by atoms with van der Waals surface area (Å²) in [6, 6.07) is 19.9. The number of ether oxygens (including phenoxy) is 1. The standard InChI is InChI=1S/C26H23N3O2S2/c1-3-31-13-12-29-22-11-10-17(2)15-24(22)33-26(29)28-25(30)19-16-21(23-9-6-14-32-23)27-20-8-5-4-7-18(19)20/h4-11,14-16H,3,12-13H2,1-2H3. The van der Waals surface area contributed by atoms with Crippen LogP contribution in [0.25, 0.3) is 31.7 Å². The molecule has 7 heteroatoms. The van der Waals surface area contributed by atoms with Gasteiger partial charge in [-0.15, -0.1) is 11.3 Å². The summed E-state index contributed by atoms with van der Waals surface area (Å²) in [5.41, 5.74) is 4.39. The fourth-order valence-corrected chi connectivity index (χ4v) is 5.67. The van der Waals surface area contributed by atoms with Crippen molar-refractivity contribution < 1.29 is 9.53 Å². The summed E-state index contributed by atoms with van der Waals surface area (Å²) < 4.78 is 8.78. The average molecular weight is 474 g/mol. The fraction of sp³-hybridized carbons (Fsp3) is 0.192. The first-order valence-electron chi connectivity index (χ1n) is 10.8. The number of carbonyl (C=O) groups excluding carboxylic acids is 1. The number of aryl methyl sites for hydroxylation is 1. The maximum atomic E-state index is 13.5.